The zero-order valence-corrected chi connectivity index (χ0v) is 14.1. The van der Waals surface area contributed by atoms with Gasteiger partial charge in [0.15, 0.2) is 0 Å². The minimum atomic E-state index is 0.151. The van der Waals surface area contributed by atoms with E-state index in [1.165, 1.54) is 4.88 Å². The third-order valence-corrected chi connectivity index (χ3v) is 4.57. The highest BCUT2D eigenvalue weighted by molar-refractivity contribution is 7.09. The van der Waals surface area contributed by atoms with Crippen LogP contribution in [-0.2, 0) is 17.9 Å². The smallest absolute Gasteiger partial charge is 0.237 e. The Morgan fingerprint density at radius 3 is 2.59 bits per heavy atom. The molecule has 0 saturated heterocycles. The van der Waals surface area contributed by atoms with Crippen molar-refractivity contribution in [2.75, 3.05) is 6.54 Å². The zero-order valence-electron chi connectivity index (χ0n) is 13.3. The number of nitrogens with one attached hydrogen (secondary N) is 1. The number of thiophene rings is 1. The summed E-state index contributed by atoms with van der Waals surface area (Å²) >= 11 is 1.69. The summed E-state index contributed by atoms with van der Waals surface area (Å²) < 4.78 is 0. The molecule has 0 bridgehead atoms. The van der Waals surface area contributed by atoms with Gasteiger partial charge < -0.3 is 10.2 Å². The van der Waals surface area contributed by atoms with Crippen LogP contribution in [0.3, 0.4) is 0 Å². The van der Waals surface area contributed by atoms with E-state index in [2.05, 4.69) is 42.7 Å². The maximum Gasteiger partial charge on any atom is 0.237 e. The summed E-state index contributed by atoms with van der Waals surface area (Å²) in [5, 5.41) is 5.34. The number of hydrogen-bond acceptors (Lipinski definition) is 3. The monoisotopic (exact) mass is 316 g/mol. The van der Waals surface area contributed by atoms with Gasteiger partial charge in [-0.05, 0) is 30.4 Å². The number of nitrogens with zero attached hydrogens (tertiary/aromatic N) is 1. The summed E-state index contributed by atoms with van der Waals surface area (Å²) in [4.78, 5) is 15.7. The van der Waals surface area contributed by atoms with Crippen molar-refractivity contribution >= 4 is 17.2 Å². The van der Waals surface area contributed by atoms with Crippen molar-refractivity contribution in [2.45, 2.75) is 39.4 Å². The Hall–Kier alpha value is -1.65. The van der Waals surface area contributed by atoms with Gasteiger partial charge in [-0.15, -0.1) is 11.3 Å². The number of hydrogen-bond donors (Lipinski definition) is 1. The van der Waals surface area contributed by atoms with E-state index in [1.807, 2.05) is 29.2 Å². The van der Waals surface area contributed by atoms with Crippen LogP contribution in [0.2, 0.25) is 0 Å². The molecule has 1 aromatic carbocycles. The van der Waals surface area contributed by atoms with Gasteiger partial charge in [0, 0.05) is 17.5 Å². The lowest BCUT2D eigenvalue weighted by atomic mass is 10.2. The molecule has 2 rings (SSSR count). The molecule has 1 amide bonds. The lowest BCUT2D eigenvalue weighted by molar-refractivity contribution is -0.131. The SMILES string of the molecule is CC[C@H](C)NCC(=O)N(Cc1ccccc1)Cc1cccs1. The van der Waals surface area contributed by atoms with Crippen LogP contribution < -0.4 is 5.32 Å². The van der Waals surface area contributed by atoms with Crippen molar-refractivity contribution in [1.82, 2.24) is 10.2 Å². The third-order valence-electron chi connectivity index (χ3n) is 3.71. The van der Waals surface area contributed by atoms with E-state index < -0.39 is 0 Å². The van der Waals surface area contributed by atoms with E-state index in [0.29, 0.717) is 25.7 Å². The van der Waals surface area contributed by atoms with Gasteiger partial charge >= 0.3 is 0 Å². The van der Waals surface area contributed by atoms with E-state index in [-0.39, 0.29) is 5.91 Å². The second-order valence-electron chi connectivity index (χ2n) is 5.50. The minimum absolute atomic E-state index is 0.151. The first-order valence-electron chi connectivity index (χ1n) is 7.76. The number of rotatable bonds is 8. The topological polar surface area (TPSA) is 32.3 Å². The van der Waals surface area contributed by atoms with Crippen LogP contribution in [0, 0.1) is 0 Å². The molecule has 22 heavy (non-hydrogen) atoms. The fourth-order valence-electron chi connectivity index (χ4n) is 2.14. The first kappa shape index (κ1) is 16.7. The van der Waals surface area contributed by atoms with E-state index in [4.69, 9.17) is 0 Å². The van der Waals surface area contributed by atoms with Crippen molar-refractivity contribution in [3.63, 3.8) is 0 Å². The molecule has 0 radical (unpaired) electrons. The third kappa shape index (κ3) is 5.28. The molecular formula is C18H24N2OS. The highest BCUT2D eigenvalue weighted by atomic mass is 32.1. The Kier molecular flexibility index (Phi) is 6.62. The summed E-state index contributed by atoms with van der Waals surface area (Å²) in [5.74, 6) is 0.151. The fraction of sp³-hybridized carbons (Fsp3) is 0.389. The maximum absolute atomic E-state index is 12.6. The molecule has 0 spiro atoms. The molecule has 4 heteroatoms. The second kappa shape index (κ2) is 8.71. The highest BCUT2D eigenvalue weighted by Crippen LogP contribution is 2.14. The number of carbonyl (C=O) groups excluding carboxylic acids is 1. The summed E-state index contributed by atoms with van der Waals surface area (Å²) in [5.41, 5.74) is 1.16. The van der Waals surface area contributed by atoms with Crippen molar-refractivity contribution < 1.29 is 4.79 Å². The van der Waals surface area contributed by atoms with Crippen molar-refractivity contribution in [3.8, 4) is 0 Å². The minimum Gasteiger partial charge on any atom is -0.332 e. The molecule has 1 atom stereocenters. The molecule has 3 nitrogen and oxygen atoms in total. The Bertz CT molecular complexity index is 554. The molecule has 1 aromatic heterocycles. The summed E-state index contributed by atoms with van der Waals surface area (Å²) in [6.07, 6.45) is 1.02. The maximum atomic E-state index is 12.6. The Balaban J connectivity index is 2.02. The highest BCUT2D eigenvalue weighted by Gasteiger charge is 2.15. The van der Waals surface area contributed by atoms with Crippen LogP contribution in [-0.4, -0.2) is 23.4 Å². The fourth-order valence-corrected chi connectivity index (χ4v) is 2.86. The first-order chi connectivity index (χ1) is 10.7. The largest absolute Gasteiger partial charge is 0.332 e. The molecule has 118 valence electrons. The average Bonchev–Trinajstić information content (AvgIpc) is 3.05. The van der Waals surface area contributed by atoms with Gasteiger partial charge in [0.2, 0.25) is 5.91 Å². The van der Waals surface area contributed by atoms with Gasteiger partial charge in [-0.3, -0.25) is 4.79 Å². The Morgan fingerprint density at radius 1 is 1.18 bits per heavy atom. The van der Waals surface area contributed by atoms with Crippen LogP contribution in [0.1, 0.15) is 30.7 Å². The van der Waals surface area contributed by atoms with Gasteiger partial charge in [-0.2, -0.15) is 0 Å². The Morgan fingerprint density at radius 2 is 1.95 bits per heavy atom. The average molecular weight is 316 g/mol. The number of carbonyl (C=O) groups is 1. The molecule has 0 aliphatic heterocycles. The molecule has 0 aliphatic carbocycles. The predicted octanol–water partition coefficient (Wildman–Crippen LogP) is 3.67. The zero-order chi connectivity index (χ0) is 15.8. The number of amides is 1. The summed E-state index contributed by atoms with van der Waals surface area (Å²) in [6, 6.07) is 14.6. The van der Waals surface area contributed by atoms with Crippen LogP contribution >= 0.6 is 11.3 Å². The van der Waals surface area contributed by atoms with Crippen molar-refractivity contribution in [1.29, 1.82) is 0 Å². The number of benzene rings is 1. The predicted molar refractivity (Wildman–Crippen MR) is 92.8 cm³/mol. The quantitative estimate of drug-likeness (QED) is 0.806. The van der Waals surface area contributed by atoms with Gasteiger partial charge in [-0.25, -0.2) is 0 Å². The molecule has 0 saturated carbocycles. The normalized spacial score (nSPS) is 12.1. The van der Waals surface area contributed by atoms with Crippen LogP contribution in [0.5, 0.6) is 0 Å². The molecule has 1 heterocycles. The second-order valence-corrected chi connectivity index (χ2v) is 6.54. The van der Waals surface area contributed by atoms with Crippen molar-refractivity contribution in [2.24, 2.45) is 0 Å². The standard InChI is InChI=1S/C18H24N2OS/c1-3-15(2)19-12-18(21)20(14-17-10-7-11-22-17)13-16-8-5-4-6-9-16/h4-11,15,19H,3,12-14H2,1-2H3/t15-/m0/s1. The van der Waals surface area contributed by atoms with Gasteiger partial charge in [0.05, 0.1) is 13.1 Å². The molecule has 0 aliphatic rings. The van der Waals surface area contributed by atoms with E-state index >= 15 is 0 Å². The molecular weight excluding hydrogens is 292 g/mol. The van der Waals surface area contributed by atoms with Crippen LogP contribution in [0.15, 0.2) is 47.8 Å². The van der Waals surface area contributed by atoms with Gasteiger partial charge in [0.25, 0.3) is 0 Å². The molecule has 0 unspecified atom stereocenters. The summed E-state index contributed by atoms with van der Waals surface area (Å²) in [7, 11) is 0. The molecule has 0 fully saturated rings. The van der Waals surface area contributed by atoms with E-state index in [0.717, 1.165) is 12.0 Å². The molecule has 1 N–H and O–H groups in total. The van der Waals surface area contributed by atoms with E-state index in [9.17, 15) is 4.79 Å². The van der Waals surface area contributed by atoms with Gasteiger partial charge in [-0.1, -0.05) is 43.3 Å². The van der Waals surface area contributed by atoms with Gasteiger partial charge in [0.1, 0.15) is 0 Å². The van der Waals surface area contributed by atoms with Crippen molar-refractivity contribution in [3.05, 3.63) is 58.3 Å². The Labute approximate surface area is 137 Å². The molecule has 2 aromatic rings. The lowest BCUT2D eigenvalue weighted by Gasteiger charge is -2.23. The van der Waals surface area contributed by atoms with E-state index in [1.54, 1.807) is 11.3 Å². The van der Waals surface area contributed by atoms with Crippen LogP contribution in [0.25, 0.3) is 0 Å². The summed E-state index contributed by atoms with van der Waals surface area (Å²) in [6.45, 7) is 5.95. The first-order valence-corrected chi connectivity index (χ1v) is 8.64. The lowest BCUT2D eigenvalue weighted by Crippen LogP contribution is -2.40. The van der Waals surface area contributed by atoms with Crippen LogP contribution in [0.4, 0.5) is 0 Å².